The fourth-order valence-electron chi connectivity index (χ4n) is 4.47. The molecule has 2 nitrogen and oxygen atoms in total. The summed E-state index contributed by atoms with van der Waals surface area (Å²) in [7, 11) is 0. The van der Waals surface area contributed by atoms with Crippen LogP contribution in [0.25, 0.3) is 0 Å². The van der Waals surface area contributed by atoms with E-state index in [1.807, 2.05) is 6.20 Å². The molecular weight excluding hydrogens is 300 g/mol. The zero-order valence-electron chi connectivity index (χ0n) is 12.3. The molecule has 1 aromatic rings. The van der Waals surface area contributed by atoms with Crippen molar-refractivity contribution in [3.05, 3.63) is 22.4 Å². The van der Waals surface area contributed by atoms with Gasteiger partial charge in [-0.2, -0.15) is 0 Å². The first-order chi connectivity index (χ1) is 8.83. The van der Waals surface area contributed by atoms with E-state index in [4.69, 9.17) is 0 Å². The van der Waals surface area contributed by atoms with Crippen LogP contribution in [-0.2, 0) is 0 Å². The Kier molecular flexibility index (Phi) is 2.97. The number of rotatable bonds is 2. The predicted molar refractivity (Wildman–Crippen MR) is 83.3 cm³/mol. The van der Waals surface area contributed by atoms with Gasteiger partial charge in [0.05, 0.1) is 11.9 Å². The highest BCUT2D eigenvalue weighted by Gasteiger charge is 2.59. The summed E-state index contributed by atoms with van der Waals surface area (Å²) in [6.45, 7) is 9.41. The molecule has 2 aliphatic carbocycles. The second-order valence-corrected chi connectivity index (χ2v) is 8.08. The summed E-state index contributed by atoms with van der Waals surface area (Å²) in [6.07, 6.45) is 6.09. The van der Waals surface area contributed by atoms with Crippen molar-refractivity contribution >= 4 is 21.6 Å². The fraction of sp³-hybridized carbons (Fsp3) is 0.688. The van der Waals surface area contributed by atoms with Gasteiger partial charge in [0.15, 0.2) is 0 Å². The highest BCUT2D eigenvalue weighted by Crippen LogP contribution is 2.63. The number of fused-ring (bicyclic) bond motifs is 2. The zero-order valence-corrected chi connectivity index (χ0v) is 13.8. The van der Waals surface area contributed by atoms with Gasteiger partial charge in [-0.05, 0) is 70.5 Å². The molecule has 0 aliphatic heterocycles. The number of nitrogens with one attached hydrogen (secondary N) is 1. The molecule has 2 aliphatic rings. The quantitative estimate of drug-likeness (QED) is 0.792. The molecule has 0 aromatic carbocycles. The van der Waals surface area contributed by atoms with Gasteiger partial charge in [0.2, 0.25) is 0 Å². The second kappa shape index (κ2) is 4.21. The van der Waals surface area contributed by atoms with Gasteiger partial charge in [0.25, 0.3) is 0 Å². The van der Waals surface area contributed by atoms with E-state index in [2.05, 4.69) is 60.0 Å². The molecule has 2 bridgehead atoms. The van der Waals surface area contributed by atoms with Gasteiger partial charge in [-0.15, -0.1) is 0 Å². The van der Waals surface area contributed by atoms with Gasteiger partial charge in [-0.3, -0.25) is 0 Å². The summed E-state index contributed by atoms with van der Waals surface area (Å²) in [4.78, 5) is 4.41. The highest BCUT2D eigenvalue weighted by molar-refractivity contribution is 9.10. The minimum Gasteiger partial charge on any atom is -0.380 e. The smallest absolute Gasteiger partial charge is 0.109 e. The molecule has 0 saturated heterocycles. The molecule has 1 unspecified atom stereocenters. The number of aryl methyl sites for hydroxylation is 1. The van der Waals surface area contributed by atoms with Crippen molar-refractivity contribution in [3.8, 4) is 0 Å². The van der Waals surface area contributed by atoms with Crippen LogP contribution in [-0.4, -0.2) is 11.0 Å². The maximum atomic E-state index is 4.41. The highest BCUT2D eigenvalue weighted by atomic mass is 79.9. The normalized spacial score (nSPS) is 35.6. The Bertz CT molecular complexity index is 507. The lowest BCUT2D eigenvalue weighted by Gasteiger charge is -2.43. The number of halogens is 1. The summed E-state index contributed by atoms with van der Waals surface area (Å²) >= 11 is 3.47. The standard InChI is InChI=1S/C16H23BrN2/c1-10-7-12(9-18-13(10)17)19-14-15(2,3)11-5-6-16(14,4)8-11/h7,9,11,14,19H,5-6,8H2,1-4H3/t11-,14?,16+/m0/s1. The lowest BCUT2D eigenvalue weighted by molar-refractivity contribution is 0.155. The van der Waals surface area contributed by atoms with E-state index in [-0.39, 0.29) is 0 Å². The minimum atomic E-state index is 0.383. The van der Waals surface area contributed by atoms with Crippen LogP contribution < -0.4 is 5.32 Å². The zero-order chi connectivity index (χ0) is 13.8. The number of hydrogen-bond acceptors (Lipinski definition) is 2. The predicted octanol–water partition coefficient (Wildman–Crippen LogP) is 4.78. The molecule has 1 aromatic heterocycles. The van der Waals surface area contributed by atoms with Crippen molar-refractivity contribution in [2.24, 2.45) is 16.7 Å². The van der Waals surface area contributed by atoms with Crippen LogP contribution in [0.4, 0.5) is 5.69 Å². The molecule has 0 amide bonds. The number of pyridine rings is 1. The third-order valence-electron chi connectivity index (χ3n) is 5.60. The van der Waals surface area contributed by atoms with Crippen molar-refractivity contribution in [1.82, 2.24) is 4.98 Å². The Balaban J connectivity index is 1.88. The molecule has 2 saturated carbocycles. The van der Waals surface area contributed by atoms with Crippen LogP contribution in [0.2, 0.25) is 0 Å². The first kappa shape index (κ1) is 13.4. The van der Waals surface area contributed by atoms with E-state index in [9.17, 15) is 0 Å². The fourth-order valence-corrected chi connectivity index (χ4v) is 4.68. The van der Waals surface area contributed by atoms with Crippen LogP contribution >= 0.6 is 15.9 Å². The van der Waals surface area contributed by atoms with Crippen molar-refractivity contribution < 1.29 is 0 Å². The third-order valence-corrected chi connectivity index (χ3v) is 6.43. The van der Waals surface area contributed by atoms with Gasteiger partial charge in [-0.25, -0.2) is 4.98 Å². The largest absolute Gasteiger partial charge is 0.380 e. The first-order valence-electron chi connectivity index (χ1n) is 7.22. The van der Waals surface area contributed by atoms with E-state index in [0.29, 0.717) is 16.9 Å². The average Bonchev–Trinajstić information content (AvgIpc) is 2.80. The van der Waals surface area contributed by atoms with Gasteiger partial charge in [0.1, 0.15) is 4.60 Å². The van der Waals surface area contributed by atoms with Gasteiger partial charge >= 0.3 is 0 Å². The summed E-state index contributed by atoms with van der Waals surface area (Å²) in [5.74, 6) is 0.875. The van der Waals surface area contributed by atoms with Gasteiger partial charge in [0, 0.05) is 6.04 Å². The average molecular weight is 323 g/mol. The summed E-state index contributed by atoms with van der Waals surface area (Å²) < 4.78 is 0.941. The second-order valence-electron chi connectivity index (χ2n) is 7.32. The molecule has 3 rings (SSSR count). The first-order valence-corrected chi connectivity index (χ1v) is 8.01. The topological polar surface area (TPSA) is 24.9 Å². The molecule has 3 heteroatoms. The van der Waals surface area contributed by atoms with E-state index >= 15 is 0 Å². The van der Waals surface area contributed by atoms with E-state index < -0.39 is 0 Å². The molecular formula is C16H23BrN2. The molecule has 3 atom stereocenters. The molecule has 19 heavy (non-hydrogen) atoms. The lowest BCUT2D eigenvalue weighted by Crippen LogP contribution is -2.45. The maximum absolute atomic E-state index is 4.41. The number of anilines is 1. The summed E-state index contributed by atoms with van der Waals surface area (Å²) in [5.41, 5.74) is 3.19. The van der Waals surface area contributed by atoms with E-state index in [1.165, 1.54) is 24.8 Å². The van der Waals surface area contributed by atoms with Gasteiger partial charge < -0.3 is 5.32 Å². The van der Waals surface area contributed by atoms with Gasteiger partial charge in [-0.1, -0.05) is 20.8 Å². The Labute approximate surface area is 124 Å². The molecule has 0 radical (unpaired) electrons. The molecule has 1 N–H and O–H groups in total. The third kappa shape index (κ3) is 2.01. The Morgan fingerprint density at radius 2 is 2.11 bits per heavy atom. The van der Waals surface area contributed by atoms with Crippen molar-refractivity contribution in [2.45, 2.75) is 53.0 Å². The molecule has 104 valence electrons. The van der Waals surface area contributed by atoms with Crippen LogP contribution in [0.5, 0.6) is 0 Å². The summed E-state index contributed by atoms with van der Waals surface area (Å²) in [6, 6.07) is 2.75. The van der Waals surface area contributed by atoms with Crippen molar-refractivity contribution in [1.29, 1.82) is 0 Å². The monoisotopic (exact) mass is 322 g/mol. The lowest BCUT2D eigenvalue weighted by atomic mass is 9.68. The maximum Gasteiger partial charge on any atom is 0.109 e. The van der Waals surface area contributed by atoms with Crippen LogP contribution in [0.1, 0.15) is 45.6 Å². The molecule has 1 heterocycles. The Hall–Kier alpha value is -0.570. The number of hydrogen-bond donors (Lipinski definition) is 1. The number of aromatic nitrogens is 1. The van der Waals surface area contributed by atoms with Crippen LogP contribution in [0.3, 0.4) is 0 Å². The van der Waals surface area contributed by atoms with E-state index in [1.54, 1.807) is 0 Å². The SMILES string of the molecule is Cc1cc(NC2C(C)(C)[C@H]3CC[C@]2(C)C3)cnc1Br. The molecule has 2 fully saturated rings. The Morgan fingerprint density at radius 3 is 2.68 bits per heavy atom. The van der Waals surface area contributed by atoms with Crippen LogP contribution in [0, 0.1) is 23.7 Å². The molecule has 0 spiro atoms. The number of nitrogens with zero attached hydrogens (tertiary/aromatic N) is 1. The van der Waals surface area contributed by atoms with E-state index in [0.717, 1.165) is 16.2 Å². The van der Waals surface area contributed by atoms with Crippen LogP contribution in [0.15, 0.2) is 16.9 Å². The van der Waals surface area contributed by atoms with Crippen molar-refractivity contribution in [2.75, 3.05) is 5.32 Å². The van der Waals surface area contributed by atoms with Crippen molar-refractivity contribution in [3.63, 3.8) is 0 Å². The minimum absolute atomic E-state index is 0.383. The Morgan fingerprint density at radius 1 is 1.37 bits per heavy atom. The summed E-state index contributed by atoms with van der Waals surface area (Å²) in [5, 5.41) is 3.79.